The molecule has 0 amide bonds. The molecule has 0 spiro atoms. The van der Waals surface area contributed by atoms with E-state index >= 15 is 0 Å². The Bertz CT molecular complexity index is 432. The smallest absolute Gasteiger partial charge is 0.328 e. The second-order valence-electron chi connectivity index (χ2n) is 2.52. The van der Waals surface area contributed by atoms with E-state index in [1.54, 1.807) is 6.07 Å². The van der Waals surface area contributed by atoms with Crippen LogP contribution in [0.2, 0.25) is 0 Å². The molecule has 0 radical (unpaired) electrons. The summed E-state index contributed by atoms with van der Waals surface area (Å²) in [6.45, 7) is 0. The average molecular weight is 191 g/mol. The molecule has 0 bridgehead atoms. The highest BCUT2D eigenvalue weighted by molar-refractivity contribution is 5.85. The zero-order valence-corrected chi connectivity index (χ0v) is 7.07. The molecule has 0 atom stereocenters. The molecule has 0 aliphatic rings. The first-order valence-electron chi connectivity index (χ1n) is 3.74. The van der Waals surface area contributed by atoms with Crippen LogP contribution in [0.3, 0.4) is 0 Å². The number of nitriles is 1. The summed E-state index contributed by atoms with van der Waals surface area (Å²) in [6.07, 6.45) is 1.98. The van der Waals surface area contributed by atoms with Gasteiger partial charge in [-0.3, -0.25) is 0 Å². The number of carboxylic acid groups (broad SMARTS) is 1. The minimum atomic E-state index is -1.14. The van der Waals surface area contributed by atoms with E-state index in [2.05, 4.69) is 0 Å². The number of hydrogen-bond acceptors (Lipinski definition) is 2. The van der Waals surface area contributed by atoms with Crippen molar-refractivity contribution >= 4 is 12.0 Å². The summed E-state index contributed by atoms with van der Waals surface area (Å²) in [4.78, 5) is 10.1. The Kier molecular flexibility index (Phi) is 2.97. The second-order valence-corrected chi connectivity index (χ2v) is 2.52. The molecule has 0 fully saturated rings. The first-order valence-corrected chi connectivity index (χ1v) is 3.74. The van der Waals surface area contributed by atoms with Gasteiger partial charge in [-0.25, -0.2) is 9.18 Å². The lowest BCUT2D eigenvalue weighted by molar-refractivity contribution is -0.131. The molecular formula is C10H6FNO2. The van der Waals surface area contributed by atoms with Gasteiger partial charge in [0.05, 0.1) is 11.6 Å². The highest BCUT2D eigenvalue weighted by atomic mass is 19.1. The zero-order valence-electron chi connectivity index (χ0n) is 7.07. The van der Waals surface area contributed by atoms with Crippen LogP contribution in [0, 0.1) is 17.1 Å². The van der Waals surface area contributed by atoms with Gasteiger partial charge in [0.15, 0.2) is 0 Å². The quantitative estimate of drug-likeness (QED) is 0.725. The van der Waals surface area contributed by atoms with Crippen LogP contribution in [-0.2, 0) is 4.79 Å². The molecule has 0 saturated heterocycles. The predicted octanol–water partition coefficient (Wildman–Crippen LogP) is 1.80. The van der Waals surface area contributed by atoms with Crippen molar-refractivity contribution in [3.05, 3.63) is 41.2 Å². The van der Waals surface area contributed by atoms with Crippen molar-refractivity contribution in [2.75, 3.05) is 0 Å². The molecule has 70 valence electrons. The molecular weight excluding hydrogens is 185 g/mol. The summed E-state index contributed by atoms with van der Waals surface area (Å²) in [5.74, 6) is -1.75. The summed E-state index contributed by atoms with van der Waals surface area (Å²) in [7, 11) is 0. The number of carbonyl (C=O) groups is 1. The molecule has 0 aromatic heterocycles. The third-order valence-electron chi connectivity index (χ3n) is 1.54. The molecule has 0 unspecified atom stereocenters. The second kappa shape index (κ2) is 4.19. The van der Waals surface area contributed by atoms with Crippen molar-refractivity contribution in [3.63, 3.8) is 0 Å². The van der Waals surface area contributed by atoms with E-state index in [1.165, 1.54) is 12.1 Å². The fourth-order valence-corrected chi connectivity index (χ4v) is 0.893. The molecule has 0 saturated carbocycles. The Morgan fingerprint density at radius 1 is 1.57 bits per heavy atom. The number of hydrogen-bond donors (Lipinski definition) is 1. The summed E-state index contributed by atoms with van der Waals surface area (Å²) in [6, 6.07) is 5.61. The summed E-state index contributed by atoms with van der Waals surface area (Å²) in [5, 5.41) is 16.7. The fourth-order valence-electron chi connectivity index (χ4n) is 0.893. The number of benzene rings is 1. The largest absolute Gasteiger partial charge is 0.478 e. The lowest BCUT2D eigenvalue weighted by Crippen LogP contribution is -1.88. The Morgan fingerprint density at radius 3 is 2.79 bits per heavy atom. The van der Waals surface area contributed by atoms with Gasteiger partial charge in [-0.2, -0.15) is 5.26 Å². The van der Waals surface area contributed by atoms with Gasteiger partial charge in [0.1, 0.15) is 5.82 Å². The molecule has 0 aliphatic carbocycles. The molecule has 1 rings (SSSR count). The van der Waals surface area contributed by atoms with Crippen molar-refractivity contribution in [1.82, 2.24) is 0 Å². The third-order valence-corrected chi connectivity index (χ3v) is 1.54. The number of halogens is 1. The third kappa shape index (κ3) is 2.42. The number of nitrogens with zero attached hydrogens (tertiary/aromatic N) is 1. The van der Waals surface area contributed by atoms with Gasteiger partial charge in [-0.15, -0.1) is 0 Å². The minimum Gasteiger partial charge on any atom is -0.478 e. The van der Waals surface area contributed by atoms with Crippen LogP contribution in [0.4, 0.5) is 4.39 Å². The van der Waals surface area contributed by atoms with Gasteiger partial charge in [0.2, 0.25) is 0 Å². The van der Waals surface area contributed by atoms with Crippen LogP contribution in [0.15, 0.2) is 24.3 Å². The van der Waals surface area contributed by atoms with Gasteiger partial charge in [-0.1, -0.05) is 6.07 Å². The number of carboxylic acids is 1. The van der Waals surface area contributed by atoms with Crippen molar-refractivity contribution in [2.45, 2.75) is 0 Å². The topological polar surface area (TPSA) is 61.1 Å². The maximum absolute atomic E-state index is 13.1. The standard InChI is InChI=1S/C10H6FNO2/c11-9-5-7(6-12)1-2-8(9)3-4-10(13)14/h1-5H,(H,13,14). The Hall–Kier alpha value is -2.15. The maximum atomic E-state index is 13.1. The van der Waals surface area contributed by atoms with Crippen LogP contribution in [0.5, 0.6) is 0 Å². The van der Waals surface area contributed by atoms with Crippen LogP contribution in [-0.4, -0.2) is 11.1 Å². The lowest BCUT2D eigenvalue weighted by Gasteiger charge is -1.95. The highest BCUT2D eigenvalue weighted by Crippen LogP contribution is 2.11. The van der Waals surface area contributed by atoms with Crippen LogP contribution >= 0.6 is 0 Å². The molecule has 14 heavy (non-hydrogen) atoms. The highest BCUT2D eigenvalue weighted by Gasteiger charge is 2.00. The SMILES string of the molecule is N#Cc1ccc(C=CC(=O)O)c(F)c1. The van der Waals surface area contributed by atoms with Crippen molar-refractivity contribution in [1.29, 1.82) is 5.26 Å². The number of rotatable bonds is 2. The zero-order chi connectivity index (χ0) is 10.6. The predicted molar refractivity (Wildman–Crippen MR) is 47.8 cm³/mol. The Morgan fingerprint density at radius 2 is 2.29 bits per heavy atom. The van der Waals surface area contributed by atoms with E-state index in [1.807, 2.05) is 0 Å². The van der Waals surface area contributed by atoms with Crippen molar-refractivity contribution in [3.8, 4) is 6.07 Å². The summed E-state index contributed by atoms with van der Waals surface area (Å²) < 4.78 is 13.1. The molecule has 4 heteroatoms. The van der Waals surface area contributed by atoms with E-state index in [4.69, 9.17) is 10.4 Å². The lowest BCUT2D eigenvalue weighted by atomic mass is 10.1. The molecule has 1 N–H and O–H groups in total. The molecule has 1 aromatic rings. The van der Waals surface area contributed by atoms with Gasteiger partial charge >= 0.3 is 5.97 Å². The van der Waals surface area contributed by atoms with Crippen LogP contribution < -0.4 is 0 Å². The van der Waals surface area contributed by atoms with Gasteiger partial charge in [0.25, 0.3) is 0 Å². The van der Waals surface area contributed by atoms with Gasteiger partial charge < -0.3 is 5.11 Å². The molecule has 3 nitrogen and oxygen atoms in total. The van der Waals surface area contributed by atoms with E-state index in [9.17, 15) is 9.18 Å². The van der Waals surface area contributed by atoms with E-state index in [-0.39, 0.29) is 11.1 Å². The number of aliphatic carboxylic acids is 1. The maximum Gasteiger partial charge on any atom is 0.328 e. The van der Waals surface area contributed by atoms with Crippen LogP contribution in [0.1, 0.15) is 11.1 Å². The average Bonchev–Trinajstić information content (AvgIpc) is 2.15. The first-order chi connectivity index (χ1) is 6.63. The first kappa shape index (κ1) is 9.93. The molecule has 0 heterocycles. The minimum absolute atomic E-state index is 0.145. The van der Waals surface area contributed by atoms with E-state index in [0.29, 0.717) is 0 Å². The monoisotopic (exact) mass is 191 g/mol. The molecule has 1 aromatic carbocycles. The fraction of sp³-hybridized carbons (Fsp3) is 0. The summed E-state index contributed by atoms with van der Waals surface area (Å²) >= 11 is 0. The van der Waals surface area contributed by atoms with Crippen LogP contribution in [0.25, 0.3) is 6.08 Å². The Labute approximate surface area is 79.7 Å². The van der Waals surface area contributed by atoms with Gasteiger partial charge in [-0.05, 0) is 18.2 Å². The van der Waals surface area contributed by atoms with Crippen molar-refractivity contribution < 1.29 is 14.3 Å². The van der Waals surface area contributed by atoms with Gasteiger partial charge in [0, 0.05) is 11.6 Å². The normalized spacial score (nSPS) is 10.0. The van der Waals surface area contributed by atoms with E-state index in [0.717, 1.165) is 18.2 Å². The summed E-state index contributed by atoms with van der Waals surface area (Å²) in [5.41, 5.74) is 0.348. The van der Waals surface area contributed by atoms with E-state index < -0.39 is 11.8 Å². The molecule has 0 aliphatic heterocycles. The van der Waals surface area contributed by atoms with Crippen molar-refractivity contribution in [2.24, 2.45) is 0 Å². The Balaban J connectivity index is 3.02.